The second-order valence-corrected chi connectivity index (χ2v) is 4.53. The van der Waals surface area contributed by atoms with Crippen LogP contribution in [0.3, 0.4) is 0 Å². The number of rotatable bonds is 8. The van der Waals surface area contributed by atoms with E-state index in [-0.39, 0.29) is 0 Å². The summed E-state index contributed by atoms with van der Waals surface area (Å²) in [6.07, 6.45) is 3.76. The summed E-state index contributed by atoms with van der Waals surface area (Å²) in [6.45, 7) is 4.28. The first-order chi connectivity index (χ1) is 9.78. The maximum absolute atomic E-state index is 5.67. The van der Waals surface area contributed by atoms with E-state index in [2.05, 4.69) is 12.0 Å². The Morgan fingerprint density at radius 1 is 1.05 bits per heavy atom. The summed E-state index contributed by atoms with van der Waals surface area (Å²) < 4.78 is 13.0. The van der Waals surface area contributed by atoms with Gasteiger partial charge in [0.1, 0.15) is 17.3 Å². The van der Waals surface area contributed by atoms with E-state index in [4.69, 9.17) is 15.2 Å². The molecule has 1 aromatic heterocycles. The highest BCUT2D eigenvalue weighted by Gasteiger charge is 1.98. The van der Waals surface area contributed by atoms with Crippen molar-refractivity contribution in [3.8, 4) is 11.5 Å². The third-order valence-corrected chi connectivity index (χ3v) is 2.76. The summed E-state index contributed by atoms with van der Waals surface area (Å²) in [5.74, 6) is 2.29. The molecule has 0 spiro atoms. The zero-order valence-electron chi connectivity index (χ0n) is 11.8. The molecule has 1 aromatic carbocycles. The van der Waals surface area contributed by atoms with Crippen molar-refractivity contribution < 1.29 is 9.47 Å². The Morgan fingerprint density at radius 3 is 2.25 bits per heavy atom. The molecule has 0 unspecified atom stereocenters. The average molecular weight is 275 g/mol. The molecule has 2 aromatic rings. The van der Waals surface area contributed by atoms with Crippen LogP contribution in [0.4, 0.5) is 5.82 Å². The normalized spacial score (nSPS) is 10.4. The lowest BCUT2D eigenvalue weighted by Crippen LogP contribution is -2.05. The van der Waals surface area contributed by atoms with E-state index in [9.17, 15) is 0 Å². The number of ether oxygens (including phenoxy) is 2. The zero-order chi connectivity index (χ0) is 14.2. The highest BCUT2D eigenvalue weighted by Crippen LogP contribution is 2.17. The van der Waals surface area contributed by atoms with E-state index in [1.807, 2.05) is 35.1 Å². The van der Waals surface area contributed by atoms with Gasteiger partial charge in [-0.15, -0.1) is 0 Å². The largest absolute Gasteiger partial charge is 0.494 e. The molecule has 108 valence electrons. The Kier molecular flexibility index (Phi) is 5.29. The summed E-state index contributed by atoms with van der Waals surface area (Å²) in [6, 6.07) is 9.50. The Balaban J connectivity index is 1.68. The smallest absolute Gasteiger partial charge is 0.145 e. The van der Waals surface area contributed by atoms with E-state index >= 15 is 0 Å². The van der Waals surface area contributed by atoms with Crippen molar-refractivity contribution in [1.82, 2.24) is 9.78 Å². The van der Waals surface area contributed by atoms with E-state index in [1.165, 1.54) is 0 Å². The first kappa shape index (κ1) is 14.2. The molecule has 1 heterocycles. The number of benzene rings is 1. The van der Waals surface area contributed by atoms with Crippen LogP contribution in [0.15, 0.2) is 36.5 Å². The third-order valence-electron chi connectivity index (χ3n) is 2.76. The van der Waals surface area contributed by atoms with Gasteiger partial charge in [-0.3, -0.25) is 4.68 Å². The van der Waals surface area contributed by atoms with Gasteiger partial charge in [-0.05, 0) is 36.8 Å². The molecule has 0 aliphatic heterocycles. The van der Waals surface area contributed by atoms with Gasteiger partial charge in [0.05, 0.1) is 13.2 Å². The summed E-state index contributed by atoms with van der Waals surface area (Å²) in [5, 5.41) is 4.12. The number of aromatic nitrogens is 2. The molecule has 5 heteroatoms. The Bertz CT molecular complexity index is 508. The molecule has 0 aliphatic carbocycles. The predicted octanol–water partition coefficient (Wildman–Crippen LogP) is 2.72. The topological polar surface area (TPSA) is 62.3 Å². The van der Waals surface area contributed by atoms with Crippen LogP contribution in [0.1, 0.15) is 19.8 Å². The lowest BCUT2D eigenvalue weighted by atomic mass is 10.3. The lowest BCUT2D eigenvalue weighted by Gasteiger charge is -2.08. The summed E-state index contributed by atoms with van der Waals surface area (Å²) in [7, 11) is 0. The van der Waals surface area contributed by atoms with Crippen molar-refractivity contribution >= 4 is 5.82 Å². The molecule has 20 heavy (non-hydrogen) atoms. The average Bonchev–Trinajstić information content (AvgIpc) is 2.88. The fraction of sp³-hybridized carbons (Fsp3) is 0.400. The Labute approximate surface area is 119 Å². The fourth-order valence-corrected chi connectivity index (χ4v) is 1.77. The minimum Gasteiger partial charge on any atom is -0.494 e. The van der Waals surface area contributed by atoms with Crippen molar-refractivity contribution in [3.05, 3.63) is 36.5 Å². The van der Waals surface area contributed by atoms with Gasteiger partial charge in [-0.1, -0.05) is 6.92 Å². The van der Waals surface area contributed by atoms with Crippen molar-refractivity contribution in [2.45, 2.75) is 26.3 Å². The summed E-state index contributed by atoms with van der Waals surface area (Å²) in [5.41, 5.74) is 5.55. The molecular formula is C15H21N3O2. The molecule has 0 atom stereocenters. The van der Waals surface area contributed by atoms with Crippen LogP contribution in [0.5, 0.6) is 11.5 Å². The maximum Gasteiger partial charge on any atom is 0.145 e. The molecular weight excluding hydrogens is 254 g/mol. The SMILES string of the molecule is CCCOc1ccc(OCCCn2ccc(N)n2)cc1. The molecule has 0 saturated heterocycles. The monoisotopic (exact) mass is 275 g/mol. The van der Waals surface area contributed by atoms with Crippen molar-refractivity contribution in [1.29, 1.82) is 0 Å². The zero-order valence-corrected chi connectivity index (χ0v) is 11.8. The number of nitrogens with zero attached hydrogens (tertiary/aromatic N) is 2. The second-order valence-electron chi connectivity index (χ2n) is 4.53. The van der Waals surface area contributed by atoms with Gasteiger partial charge in [-0.2, -0.15) is 5.10 Å². The van der Waals surface area contributed by atoms with Gasteiger partial charge in [0.2, 0.25) is 0 Å². The molecule has 0 fully saturated rings. The van der Waals surface area contributed by atoms with Crippen molar-refractivity contribution in [2.24, 2.45) is 0 Å². The molecule has 0 radical (unpaired) electrons. The number of nitrogens with two attached hydrogens (primary N) is 1. The summed E-state index contributed by atoms with van der Waals surface area (Å²) >= 11 is 0. The van der Waals surface area contributed by atoms with Gasteiger partial charge in [-0.25, -0.2) is 0 Å². The highest BCUT2D eigenvalue weighted by atomic mass is 16.5. The van der Waals surface area contributed by atoms with Crippen LogP contribution in [-0.4, -0.2) is 23.0 Å². The van der Waals surface area contributed by atoms with Crippen molar-refractivity contribution in [3.63, 3.8) is 0 Å². The van der Waals surface area contributed by atoms with Gasteiger partial charge in [0.15, 0.2) is 0 Å². The number of aryl methyl sites for hydroxylation is 1. The quantitative estimate of drug-likeness (QED) is 0.752. The third kappa shape index (κ3) is 4.50. The predicted molar refractivity (Wildman–Crippen MR) is 79.0 cm³/mol. The van der Waals surface area contributed by atoms with E-state index < -0.39 is 0 Å². The van der Waals surface area contributed by atoms with E-state index in [0.29, 0.717) is 12.4 Å². The number of hydrogen-bond donors (Lipinski definition) is 1. The first-order valence-electron chi connectivity index (χ1n) is 6.92. The van der Waals surface area contributed by atoms with Crippen LogP contribution >= 0.6 is 0 Å². The van der Waals surface area contributed by atoms with E-state index in [1.54, 1.807) is 6.07 Å². The Morgan fingerprint density at radius 2 is 1.70 bits per heavy atom. The molecule has 0 saturated carbocycles. The van der Waals surface area contributed by atoms with Crippen LogP contribution in [0, 0.1) is 0 Å². The van der Waals surface area contributed by atoms with Crippen LogP contribution in [-0.2, 0) is 6.54 Å². The number of anilines is 1. The molecule has 0 amide bonds. The van der Waals surface area contributed by atoms with E-state index in [0.717, 1.165) is 37.5 Å². The van der Waals surface area contributed by atoms with Crippen LogP contribution < -0.4 is 15.2 Å². The standard InChI is InChI=1S/C15H21N3O2/c1-2-11-19-13-4-6-14(7-5-13)20-12-3-9-18-10-8-15(16)17-18/h4-8,10H,2-3,9,11-12H2,1H3,(H2,16,17). The molecule has 0 aliphatic rings. The van der Waals surface area contributed by atoms with Gasteiger partial charge >= 0.3 is 0 Å². The lowest BCUT2D eigenvalue weighted by molar-refractivity contribution is 0.295. The van der Waals surface area contributed by atoms with Crippen molar-refractivity contribution in [2.75, 3.05) is 18.9 Å². The second kappa shape index (κ2) is 7.43. The minimum atomic E-state index is 0.550. The van der Waals surface area contributed by atoms with Gasteiger partial charge in [0.25, 0.3) is 0 Å². The van der Waals surface area contributed by atoms with Crippen LogP contribution in [0.2, 0.25) is 0 Å². The first-order valence-corrected chi connectivity index (χ1v) is 6.92. The minimum absolute atomic E-state index is 0.550. The van der Waals surface area contributed by atoms with Crippen LogP contribution in [0.25, 0.3) is 0 Å². The molecule has 2 N–H and O–H groups in total. The summed E-state index contributed by atoms with van der Waals surface area (Å²) in [4.78, 5) is 0. The molecule has 0 bridgehead atoms. The molecule has 5 nitrogen and oxygen atoms in total. The molecule has 2 rings (SSSR count). The number of hydrogen-bond acceptors (Lipinski definition) is 4. The van der Waals surface area contributed by atoms with Gasteiger partial charge < -0.3 is 15.2 Å². The fourth-order valence-electron chi connectivity index (χ4n) is 1.77. The van der Waals surface area contributed by atoms with Gasteiger partial charge in [0, 0.05) is 19.2 Å². The number of nitrogen functional groups attached to an aromatic ring is 1. The Hall–Kier alpha value is -2.17. The highest BCUT2D eigenvalue weighted by molar-refractivity contribution is 5.31. The maximum atomic E-state index is 5.67.